The van der Waals surface area contributed by atoms with Gasteiger partial charge in [-0.2, -0.15) is 13.8 Å². The van der Waals surface area contributed by atoms with Crippen LogP contribution in [-0.2, 0) is 5.92 Å². The first-order valence-electron chi connectivity index (χ1n) is 7.94. The van der Waals surface area contributed by atoms with E-state index < -0.39 is 11.8 Å². The van der Waals surface area contributed by atoms with Crippen molar-refractivity contribution in [2.45, 2.75) is 55.3 Å². The molecule has 1 heterocycles. The van der Waals surface area contributed by atoms with Gasteiger partial charge < -0.3 is 4.52 Å². The maximum Gasteiger partial charge on any atom is 0.326 e. The van der Waals surface area contributed by atoms with Gasteiger partial charge in [0, 0.05) is 15.9 Å². The molecule has 1 aromatic carbocycles. The lowest BCUT2D eigenvalue weighted by Gasteiger charge is -2.16. The molecule has 0 spiro atoms. The van der Waals surface area contributed by atoms with Crippen molar-refractivity contribution in [3.63, 3.8) is 0 Å². The van der Waals surface area contributed by atoms with Crippen LogP contribution in [0.15, 0.2) is 34.9 Å². The molecule has 0 N–H and O–H groups in total. The number of unbranched alkanes of at least 4 members (excludes halogenated alkanes) is 3. The average molecular weight is 434 g/mol. The van der Waals surface area contributed by atoms with E-state index in [2.05, 4.69) is 39.7 Å². The van der Waals surface area contributed by atoms with Gasteiger partial charge in [-0.3, -0.25) is 0 Å². The Hall–Kier alpha value is -1.05. The number of alkyl halides is 3. The molecule has 126 valence electrons. The minimum atomic E-state index is -3.09. The number of rotatable bonds is 9. The standard InChI is InChI=1S/C17H21F2IN2O/c1-2-3-4-8-11-14(20)12-17(18,19)16-21-15(22-23-16)13-9-6-5-7-10-13/h5-7,9-10,14H,2-4,8,11-12H2,1H3. The van der Waals surface area contributed by atoms with E-state index in [9.17, 15) is 8.78 Å². The zero-order valence-corrected chi connectivity index (χ0v) is 15.3. The SMILES string of the molecule is CCCCCCC(I)CC(F)(F)c1nc(-c2ccccc2)no1. The molecule has 0 radical (unpaired) electrons. The van der Waals surface area contributed by atoms with Gasteiger partial charge in [-0.1, -0.05) is 90.7 Å². The Kier molecular flexibility index (Phi) is 6.92. The van der Waals surface area contributed by atoms with E-state index in [4.69, 9.17) is 4.52 Å². The second-order valence-electron chi connectivity index (χ2n) is 5.64. The molecular formula is C17H21F2IN2O. The molecule has 0 aliphatic rings. The van der Waals surface area contributed by atoms with Gasteiger partial charge in [0.15, 0.2) is 0 Å². The van der Waals surface area contributed by atoms with Crippen LogP contribution in [-0.4, -0.2) is 14.1 Å². The third-order valence-electron chi connectivity index (χ3n) is 3.62. The predicted molar refractivity (Wildman–Crippen MR) is 94.8 cm³/mol. The summed E-state index contributed by atoms with van der Waals surface area (Å²) < 4.78 is 33.3. The van der Waals surface area contributed by atoms with E-state index in [1.165, 1.54) is 0 Å². The Morgan fingerprint density at radius 3 is 2.61 bits per heavy atom. The molecule has 0 amide bonds. The van der Waals surface area contributed by atoms with Gasteiger partial charge in [-0.15, -0.1) is 0 Å². The van der Waals surface area contributed by atoms with E-state index in [1.54, 1.807) is 24.3 Å². The van der Waals surface area contributed by atoms with Crippen LogP contribution in [0.1, 0.15) is 51.3 Å². The van der Waals surface area contributed by atoms with Crippen molar-refractivity contribution in [1.82, 2.24) is 10.1 Å². The van der Waals surface area contributed by atoms with Crippen LogP contribution in [0, 0.1) is 0 Å². The number of hydrogen-bond donors (Lipinski definition) is 0. The molecule has 0 aliphatic heterocycles. The molecule has 6 heteroatoms. The molecule has 0 aliphatic carbocycles. The third kappa shape index (κ3) is 5.51. The van der Waals surface area contributed by atoms with E-state index in [0.29, 0.717) is 5.56 Å². The summed E-state index contributed by atoms with van der Waals surface area (Å²) >= 11 is 2.09. The van der Waals surface area contributed by atoms with Crippen LogP contribution < -0.4 is 0 Å². The molecule has 0 bridgehead atoms. The second-order valence-corrected chi connectivity index (χ2v) is 7.41. The normalized spacial score (nSPS) is 13.2. The molecule has 1 atom stereocenters. The minimum absolute atomic E-state index is 0.105. The first kappa shape index (κ1) is 18.3. The molecule has 0 saturated heterocycles. The van der Waals surface area contributed by atoms with E-state index in [0.717, 1.165) is 32.1 Å². The van der Waals surface area contributed by atoms with E-state index >= 15 is 0 Å². The molecule has 0 fully saturated rings. The summed E-state index contributed by atoms with van der Waals surface area (Å²) in [6.45, 7) is 2.13. The Labute approximate surface area is 149 Å². The van der Waals surface area contributed by atoms with Crippen molar-refractivity contribution in [3.05, 3.63) is 36.2 Å². The fraction of sp³-hybridized carbons (Fsp3) is 0.529. The van der Waals surface area contributed by atoms with Gasteiger partial charge in [-0.25, -0.2) is 0 Å². The van der Waals surface area contributed by atoms with Crippen molar-refractivity contribution in [3.8, 4) is 11.4 Å². The van der Waals surface area contributed by atoms with Crippen LogP contribution in [0.3, 0.4) is 0 Å². The predicted octanol–water partition coefficient (Wildman–Crippen LogP) is 5.99. The van der Waals surface area contributed by atoms with Crippen molar-refractivity contribution < 1.29 is 13.3 Å². The first-order valence-corrected chi connectivity index (χ1v) is 9.19. The van der Waals surface area contributed by atoms with Crippen LogP contribution in [0.25, 0.3) is 11.4 Å². The average Bonchev–Trinajstić information content (AvgIpc) is 3.03. The smallest absolute Gasteiger partial charge is 0.326 e. The van der Waals surface area contributed by atoms with Gasteiger partial charge in [0.05, 0.1) is 0 Å². The summed E-state index contributed by atoms with van der Waals surface area (Å²) in [5, 5.41) is 3.68. The highest BCUT2D eigenvalue weighted by atomic mass is 127. The zero-order valence-electron chi connectivity index (χ0n) is 13.1. The molecule has 3 nitrogen and oxygen atoms in total. The van der Waals surface area contributed by atoms with Crippen LogP contribution in [0.4, 0.5) is 8.78 Å². The van der Waals surface area contributed by atoms with Gasteiger partial charge >= 0.3 is 5.92 Å². The van der Waals surface area contributed by atoms with Crippen molar-refractivity contribution in [2.75, 3.05) is 0 Å². The zero-order chi connectivity index (χ0) is 16.7. The summed E-state index contributed by atoms with van der Waals surface area (Å²) in [6, 6.07) is 8.99. The highest BCUT2D eigenvalue weighted by Gasteiger charge is 2.40. The largest absolute Gasteiger partial charge is 0.332 e. The topological polar surface area (TPSA) is 38.9 Å². The van der Waals surface area contributed by atoms with Crippen LogP contribution >= 0.6 is 22.6 Å². The van der Waals surface area contributed by atoms with Gasteiger partial charge in [0.2, 0.25) is 5.82 Å². The highest BCUT2D eigenvalue weighted by Crippen LogP contribution is 2.36. The van der Waals surface area contributed by atoms with E-state index in [1.807, 2.05) is 6.07 Å². The number of halogens is 3. The molecule has 2 rings (SSSR count). The lowest BCUT2D eigenvalue weighted by molar-refractivity contribution is -0.0431. The Morgan fingerprint density at radius 2 is 1.91 bits per heavy atom. The maximum absolute atomic E-state index is 14.3. The molecule has 23 heavy (non-hydrogen) atoms. The highest BCUT2D eigenvalue weighted by molar-refractivity contribution is 14.1. The van der Waals surface area contributed by atoms with Gasteiger partial charge in [0.25, 0.3) is 5.89 Å². The molecule has 2 aromatic rings. The Bertz CT molecular complexity index is 589. The molecular weight excluding hydrogens is 413 g/mol. The summed E-state index contributed by atoms with van der Waals surface area (Å²) in [4.78, 5) is 3.88. The van der Waals surface area contributed by atoms with Crippen LogP contribution in [0.5, 0.6) is 0 Å². The Balaban J connectivity index is 1.95. The van der Waals surface area contributed by atoms with Crippen molar-refractivity contribution in [2.24, 2.45) is 0 Å². The van der Waals surface area contributed by atoms with E-state index in [-0.39, 0.29) is 16.2 Å². The lowest BCUT2D eigenvalue weighted by Crippen LogP contribution is -2.19. The third-order valence-corrected chi connectivity index (χ3v) is 4.68. The van der Waals surface area contributed by atoms with Gasteiger partial charge in [0.1, 0.15) is 0 Å². The maximum atomic E-state index is 14.3. The molecule has 1 aromatic heterocycles. The summed E-state index contributed by atoms with van der Waals surface area (Å²) in [5.74, 6) is -3.48. The fourth-order valence-electron chi connectivity index (χ4n) is 2.34. The monoisotopic (exact) mass is 434 g/mol. The quantitative estimate of drug-likeness (QED) is 0.276. The van der Waals surface area contributed by atoms with Crippen molar-refractivity contribution in [1.29, 1.82) is 0 Å². The number of nitrogens with zero attached hydrogens (tertiary/aromatic N) is 2. The van der Waals surface area contributed by atoms with Crippen LogP contribution in [0.2, 0.25) is 0 Å². The summed E-state index contributed by atoms with van der Waals surface area (Å²) in [6.07, 6.45) is 4.90. The fourth-order valence-corrected chi connectivity index (χ4v) is 3.33. The number of benzene rings is 1. The number of aromatic nitrogens is 2. The molecule has 1 unspecified atom stereocenters. The van der Waals surface area contributed by atoms with Crippen molar-refractivity contribution >= 4 is 22.6 Å². The second kappa shape index (κ2) is 8.70. The minimum Gasteiger partial charge on any atom is -0.332 e. The molecule has 0 saturated carbocycles. The Morgan fingerprint density at radius 1 is 1.17 bits per heavy atom. The summed E-state index contributed by atoms with van der Waals surface area (Å²) in [7, 11) is 0. The van der Waals surface area contributed by atoms with Gasteiger partial charge in [-0.05, 0) is 6.42 Å². The number of hydrogen-bond acceptors (Lipinski definition) is 3. The lowest BCUT2D eigenvalue weighted by atomic mass is 10.1. The summed E-state index contributed by atoms with van der Waals surface area (Å²) in [5.41, 5.74) is 0.670. The first-order chi connectivity index (χ1) is 11.0.